The smallest absolute Gasteiger partial charge is 0.306 e. The van der Waals surface area contributed by atoms with Gasteiger partial charge in [-0.2, -0.15) is 0 Å². The molecule has 0 heterocycles. The molecular weight excluding hydrogens is 853 g/mol. The molecule has 0 saturated carbocycles. The summed E-state index contributed by atoms with van der Waals surface area (Å²) in [7, 11) is 0. The molecule has 0 aliphatic heterocycles. The molecular formula is C59H92O9. The van der Waals surface area contributed by atoms with Crippen molar-refractivity contribution in [3.63, 3.8) is 0 Å². The van der Waals surface area contributed by atoms with Crippen LogP contribution in [0.5, 0.6) is 17.2 Å². The molecule has 0 aliphatic rings. The summed E-state index contributed by atoms with van der Waals surface area (Å²) in [4.78, 5) is 37.4. The average molecular weight is 945 g/mol. The first-order chi connectivity index (χ1) is 30.9. The quantitative estimate of drug-likeness (QED) is 0.0946. The largest absolute Gasteiger partial charge is 0.507 e. The number of aromatic hydroxyl groups is 3. The fourth-order valence-corrected chi connectivity index (χ4v) is 7.97. The zero-order chi connectivity index (χ0) is 52.4. The Balaban J connectivity index is 0.000000578. The summed E-state index contributed by atoms with van der Waals surface area (Å²) in [6.07, 6.45) is 4.10. The fraction of sp³-hybridized carbons (Fsp3) is 0.644. The van der Waals surface area contributed by atoms with Gasteiger partial charge in [-0.25, -0.2) is 0 Å². The van der Waals surface area contributed by atoms with Crippen molar-refractivity contribution in [2.75, 3.05) is 13.2 Å². The van der Waals surface area contributed by atoms with E-state index < -0.39 is 6.10 Å². The third kappa shape index (κ3) is 18.4. The highest BCUT2D eigenvalue weighted by Gasteiger charge is 2.30. The van der Waals surface area contributed by atoms with Gasteiger partial charge >= 0.3 is 17.9 Å². The summed E-state index contributed by atoms with van der Waals surface area (Å²) in [5.41, 5.74) is 7.08. The van der Waals surface area contributed by atoms with Crippen LogP contribution >= 0.6 is 0 Å². The minimum absolute atomic E-state index is 0.0238. The second kappa shape index (κ2) is 23.9. The summed E-state index contributed by atoms with van der Waals surface area (Å²) >= 11 is 0. The van der Waals surface area contributed by atoms with Crippen molar-refractivity contribution >= 4 is 17.9 Å². The number of benzene rings is 3. The van der Waals surface area contributed by atoms with Gasteiger partial charge in [0.25, 0.3) is 0 Å². The van der Waals surface area contributed by atoms with Crippen molar-refractivity contribution in [1.29, 1.82) is 0 Å². The van der Waals surface area contributed by atoms with Crippen molar-refractivity contribution in [3.8, 4) is 17.2 Å². The van der Waals surface area contributed by atoms with E-state index in [1.165, 1.54) is 0 Å². The molecule has 3 N–H and O–H groups in total. The zero-order valence-electron chi connectivity index (χ0n) is 46.1. The van der Waals surface area contributed by atoms with E-state index in [0.717, 1.165) is 62.9 Å². The maximum absolute atomic E-state index is 12.9. The van der Waals surface area contributed by atoms with Crippen LogP contribution in [0.3, 0.4) is 0 Å². The van der Waals surface area contributed by atoms with Gasteiger partial charge in [-0.05, 0) is 115 Å². The summed E-state index contributed by atoms with van der Waals surface area (Å²) < 4.78 is 16.5. The van der Waals surface area contributed by atoms with Crippen LogP contribution in [0, 0.1) is 0 Å². The summed E-state index contributed by atoms with van der Waals surface area (Å²) in [5, 5.41) is 32.7. The molecule has 1 unspecified atom stereocenters. The molecule has 0 saturated heterocycles. The van der Waals surface area contributed by atoms with Crippen LogP contribution in [0.4, 0.5) is 0 Å². The predicted molar refractivity (Wildman–Crippen MR) is 278 cm³/mol. The first-order valence-electron chi connectivity index (χ1n) is 25.0. The highest BCUT2D eigenvalue weighted by atomic mass is 16.6. The Kier molecular flexibility index (Phi) is 20.9. The van der Waals surface area contributed by atoms with Crippen LogP contribution in [-0.4, -0.2) is 52.5 Å². The Labute approximate surface area is 412 Å². The van der Waals surface area contributed by atoms with Crippen molar-refractivity contribution in [2.24, 2.45) is 0 Å². The van der Waals surface area contributed by atoms with E-state index in [-0.39, 0.29) is 69.8 Å². The highest BCUT2D eigenvalue weighted by Crippen LogP contribution is 2.43. The van der Waals surface area contributed by atoms with E-state index in [0.29, 0.717) is 56.0 Å². The van der Waals surface area contributed by atoms with Gasteiger partial charge in [0.15, 0.2) is 0 Å². The van der Waals surface area contributed by atoms with Crippen LogP contribution in [0.2, 0.25) is 0 Å². The molecule has 1 atom stereocenters. The molecule has 3 rings (SSSR count). The van der Waals surface area contributed by atoms with Gasteiger partial charge in [-0.3, -0.25) is 14.4 Å². The van der Waals surface area contributed by atoms with Gasteiger partial charge in [-0.15, -0.1) is 0 Å². The lowest BCUT2D eigenvalue weighted by Gasteiger charge is -2.28. The van der Waals surface area contributed by atoms with Gasteiger partial charge in [-0.1, -0.05) is 181 Å². The number of hydrogen-bond donors (Lipinski definition) is 3. The lowest BCUT2D eigenvalue weighted by Crippen LogP contribution is -2.25. The zero-order valence-corrected chi connectivity index (χ0v) is 46.1. The number of aryl methyl sites for hydroxylation is 3. The SMILES string of the molecule is CCCC(COC(=O)CCc1cc(C(C)(C)C)c(O)c(C(C)(C)C)c1)OC(=O)CCc1cc(C(C)(C)C)c(O)c(C(C)(C)C)c1.CCCOC(=O)CCc1cc(C(C)(C)C)c(O)c(C(C)(C)C)c1. The van der Waals surface area contributed by atoms with Gasteiger partial charge in [0.2, 0.25) is 0 Å². The van der Waals surface area contributed by atoms with Crippen molar-refractivity contribution in [3.05, 3.63) is 86.5 Å². The normalized spacial score (nSPS) is 13.1. The second-order valence-corrected chi connectivity index (χ2v) is 24.9. The monoisotopic (exact) mass is 945 g/mol. The highest BCUT2D eigenvalue weighted by molar-refractivity contribution is 5.71. The minimum Gasteiger partial charge on any atom is -0.507 e. The number of esters is 3. The summed E-state index contributed by atoms with van der Waals surface area (Å²) in [6.45, 7) is 41.9. The lowest BCUT2D eigenvalue weighted by atomic mass is 9.78. The van der Waals surface area contributed by atoms with Crippen LogP contribution in [-0.2, 0) is 80.3 Å². The molecule has 68 heavy (non-hydrogen) atoms. The number of carbonyl (C=O) groups excluding carboxylic acids is 3. The Morgan fingerprint density at radius 2 is 0.691 bits per heavy atom. The molecule has 3 aromatic rings. The van der Waals surface area contributed by atoms with Gasteiger partial charge < -0.3 is 29.5 Å². The van der Waals surface area contributed by atoms with Crippen LogP contribution in [0.15, 0.2) is 36.4 Å². The Hall–Kier alpha value is -4.53. The van der Waals surface area contributed by atoms with E-state index in [4.69, 9.17) is 14.2 Å². The van der Waals surface area contributed by atoms with E-state index in [1.807, 2.05) is 50.2 Å². The molecule has 0 radical (unpaired) electrons. The van der Waals surface area contributed by atoms with Gasteiger partial charge in [0, 0.05) is 19.3 Å². The van der Waals surface area contributed by atoms with Crippen molar-refractivity contribution in [1.82, 2.24) is 0 Å². The lowest BCUT2D eigenvalue weighted by molar-refractivity contribution is -0.159. The van der Waals surface area contributed by atoms with E-state index in [1.54, 1.807) is 0 Å². The van der Waals surface area contributed by atoms with E-state index in [2.05, 4.69) is 125 Å². The summed E-state index contributed by atoms with van der Waals surface area (Å²) in [5.74, 6) is 0.182. The molecule has 0 aliphatic carbocycles. The maximum atomic E-state index is 12.9. The number of ether oxygens (including phenoxy) is 3. The van der Waals surface area contributed by atoms with Crippen LogP contribution in [0.25, 0.3) is 0 Å². The van der Waals surface area contributed by atoms with Crippen LogP contribution < -0.4 is 0 Å². The number of carbonyl (C=O) groups is 3. The standard InChI is InChI=1S/C39H60O6.C20H32O3/c1-14-15-27(45-33(41)19-17-26-22-30(38(8,9)10)35(43)31(23-26)39(11,12)13)24-44-32(40)18-16-25-20-28(36(2,3)4)34(42)29(21-25)37(5,6)7;1-8-11-23-17(21)10-9-14-12-15(19(2,3)4)18(22)16(13-14)20(5,6)7/h20-23,27,42-43H,14-19,24H2,1-13H3;12-13,22H,8-11H2,1-7H3. The van der Waals surface area contributed by atoms with E-state index in [9.17, 15) is 29.7 Å². The third-order valence-corrected chi connectivity index (χ3v) is 12.0. The molecule has 9 nitrogen and oxygen atoms in total. The topological polar surface area (TPSA) is 140 Å². The number of rotatable bonds is 16. The third-order valence-electron chi connectivity index (χ3n) is 12.0. The molecule has 3 aromatic carbocycles. The van der Waals surface area contributed by atoms with Crippen LogP contribution in [0.1, 0.15) is 227 Å². The predicted octanol–water partition coefficient (Wildman–Crippen LogP) is 14.0. The molecule has 0 amide bonds. The van der Waals surface area contributed by atoms with Gasteiger partial charge in [0.1, 0.15) is 30.0 Å². The minimum atomic E-state index is -0.504. The molecule has 0 aromatic heterocycles. The molecule has 382 valence electrons. The number of hydrogen-bond acceptors (Lipinski definition) is 9. The first kappa shape index (κ1) is 59.6. The number of phenols is 3. The molecule has 0 spiro atoms. The Bertz CT molecular complexity index is 2050. The molecule has 9 heteroatoms. The van der Waals surface area contributed by atoms with Crippen molar-refractivity contribution in [2.45, 2.75) is 235 Å². The van der Waals surface area contributed by atoms with E-state index >= 15 is 0 Å². The van der Waals surface area contributed by atoms with Crippen molar-refractivity contribution < 1.29 is 43.9 Å². The second-order valence-electron chi connectivity index (χ2n) is 24.9. The summed E-state index contributed by atoms with van der Waals surface area (Å²) in [6, 6.07) is 12.0. The number of phenolic OH excluding ortho intramolecular Hbond substituents is 3. The average Bonchev–Trinajstić information content (AvgIpc) is 3.18. The molecule has 0 fully saturated rings. The Morgan fingerprint density at radius 1 is 0.426 bits per heavy atom. The molecule has 0 bridgehead atoms. The first-order valence-corrected chi connectivity index (χ1v) is 25.0. The van der Waals surface area contributed by atoms with Gasteiger partial charge in [0.05, 0.1) is 6.61 Å². The Morgan fingerprint density at radius 3 is 0.941 bits per heavy atom. The fourth-order valence-electron chi connectivity index (χ4n) is 7.97. The maximum Gasteiger partial charge on any atom is 0.306 e.